The Balaban J connectivity index is 1.65. The van der Waals surface area contributed by atoms with Crippen LogP contribution in [0.15, 0.2) is 86.0 Å². The molecule has 3 aliphatic rings. The lowest BCUT2D eigenvalue weighted by Crippen LogP contribution is -2.58. The number of hydrogen-bond donors (Lipinski definition) is 1. The first-order chi connectivity index (χ1) is 22.1. The van der Waals surface area contributed by atoms with Crippen LogP contribution >= 0.6 is 0 Å². The summed E-state index contributed by atoms with van der Waals surface area (Å²) in [5, 5.41) is 10.9. The first-order valence-corrected chi connectivity index (χ1v) is 16.6. The average molecular weight is 628 g/mol. The first kappa shape index (κ1) is 33.6. The number of aliphatic hydroxyl groups excluding tert-OH is 1. The molecule has 3 aliphatic heterocycles. The Morgan fingerprint density at radius 1 is 1.07 bits per heavy atom. The average Bonchev–Trinajstić information content (AvgIpc) is 3.57. The minimum atomic E-state index is -1.23. The highest BCUT2D eigenvalue weighted by Crippen LogP contribution is 2.66. The van der Waals surface area contributed by atoms with E-state index in [1.54, 1.807) is 26.9 Å². The summed E-state index contributed by atoms with van der Waals surface area (Å²) in [6, 6.07) is 17.2. The fraction of sp³-hybridized carbons (Fsp3) is 0.500. The second kappa shape index (κ2) is 13.5. The molecule has 8 heteroatoms. The van der Waals surface area contributed by atoms with Crippen molar-refractivity contribution in [2.24, 2.45) is 17.8 Å². The van der Waals surface area contributed by atoms with Crippen molar-refractivity contribution < 1.29 is 24.2 Å². The molecular formula is C38H49N3O5. The zero-order chi connectivity index (χ0) is 33.2. The normalized spacial score (nSPS) is 29.2. The number of nitrogens with zero attached hydrogens (tertiary/aromatic N) is 3. The number of likely N-dealkylation sites (tertiary alicyclic amines) is 1. The van der Waals surface area contributed by atoms with E-state index in [4.69, 9.17) is 4.74 Å². The van der Waals surface area contributed by atoms with Crippen LogP contribution in [0.1, 0.15) is 64.1 Å². The maximum absolute atomic E-state index is 15.0. The van der Waals surface area contributed by atoms with E-state index in [-0.39, 0.29) is 36.3 Å². The fourth-order valence-corrected chi connectivity index (χ4v) is 8.44. The SMILES string of the molecule is C=CCN(Cc1ccccc1)C(=O)[C@@H]1[C@H]2C(=O)N([C@H](CO)c3ccccc3)C(C(=O)N(CC=C)C(C)CCC)C23CC(C)[C@@]1(C)O3. The number of carbonyl (C=O) groups is 3. The molecule has 0 aliphatic carbocycles. The highest BCUT2D eigenvalue weighted by atomic mass is 16.5. The molecule has 4 unspecified atom stereocenters. The highest BCUT2D eigenvalue weighted by molar-refractivity contribution is 5.99. The smallest absolute Gasteiger partial charge is 0.248 e. The number of fused-ring (bicyclic) bond motifs is 1. The second-order valence-corrected chi connectivity index (χ2v) is 13.5. The van der Waals surface area contributed by atoms with Crippen molar-refractivity contribution in [3.8, 4) is 0 Å². The van der Waals surface area contributed by atoms with E-state index in [0.717, 1.165) is 24.0 Å². The molecule has 46 heavy (non-hydrogen) atoms. The molecular weight excluding hydrogens is 578 g/mol. The molecule has 5 rings (SSSR count). The van der Waals surface area contributed by atoms with Crippen LogP contribution in [0.5, 0.6) is 0 Å². The van der Waals surface area contributed by atoms with Crippen LogP contribution in [0, 0.1) is 17.8 Å². The van der Waals surface area contributed by atoms with Crippen molar-refractivity contribution in [2.75, 3.05) is 19.7 Å². The lowest BCUT2D eigenvalue weighted by Gasteiger charge is -2.41. The predicted molar refractivity (Wildman–Crippen MR) is 178 cm³/mol. The van der Waals surface area contributed by atoms with Gasteiger partial charge in [-0.25, -0.2) is 0 Å². The van der Waals surface area contributed by atoms with E-state index in [1.165, 1.54) is 0 Å². The number of ether oxygens (including phenoxy) is 1. The Morgan fingerprint density at radius 3 is 2.28 bits per heavy atom. The Kier molecular flexibility index (Phi) is 9.89. The van der Waals surface area contributed by atoms with Crippen LogP contribution in [0.4, 0.5) is 0 Å². The van der Waals surface area contributed by atoms with Gasteiger partial charge in [0.15, 0.2) is 0 Å². The molecule has 3 saturated heterocycles. The number of hydrogen-bond acceptors (Lipinski definition) is 5. The van der Waals surface area contributed by atoms with Gasteiger partial charge in [-0.15, -0.1) is 13.2 Å². The topological polar surface area (TPSA) is 90.4 Å². The summed E-state index contributed by atoms with van der Waals surface area (Å²) in [5.41, 5.74) is -0.504. The number of benzene rings is 2. The number of aliphatic hydroxyl groups is 1. The maximum atomic E-state index is 15.0. The molecule has 0 saturated carbocycles. The molecule has 3 amide bonds. The molecule has 2 aromatic rings. The molecule has 8 nitrogen and oxygen atoms in total. The largest absolute Gasteiger partial charge is 0.394 e. The summed E-state index contributed by atoms with van der Waals surface area (Å²) < 4.78 is 7.04. The van der Waals surface area contributed by atoms with Gasteiger partial charge in [0.1, 0.15) is 11.6 Å². The highest BCUT2D eigenvalue weighted by Gasteiger charge is 2.80. The van der Waals surface area contributed by atoms with Crippen LogP contribution in [-0.4, -0.2) is 80.5 Å². The Hall–Kier alpha value is -3.75. The molecule has 2 bridgehead atoms. The summed E-state index contributed by atoms with van der Waals surface area (Å²) in [6.45, 7) is 16.5. The van der Waals surface area contributed by atoms with E-state index in [2.05, 4.69) is 27.0 Å². The van der Waals surface area contributed by atoms with Crippen LogP contribution in [0.25, 0.3) is 0 Å². The van der Waals surface area contributed by atoms with E-state index in [0.29, 0.717) is 26.1 Å². The Labute approximate surface area is 273 Å². The minimum Gasteiger partial charge on any atom is -0.394 e. The van der Waals surface area contributed by atoms with Gasteiger partial charge in [-0.3, -0.25) is 14.4 Å². The second-order valence-electron chi connectivity index (χ2n) is 13.5. The monoisotopic (exact) mass is 627 g/mol. The molecule has 3 fully saturated rings. The van der Waals surface area contributed by atoms with Crippen molar-refractivity contribution in [3.63, 3.8) is 0 Å². The molecule has 2 aromatic carbocycles. The van der Waals surface area contributed by atoms with Gasteiger partial charge in [0.25, 0.3) is 0 Å². The van der Waals surface area contributed by atoms with Crippen molar-refractivity contribution >= 4 is 17.7 Å². The molecule has 246 valence electrons. The van der Waals surface area contributed by atoms with Crippen molar-refractivity contribution in [3.05, 3.63) is 97.1 Å². The van der Waals surface area contributed by atoms with Crippen LogP contribution in [0.2, 0.25) is 0 Å². The third kappa shape index (κ3) is 5.49. The fourth-order valence-electron chi connectivity index (χ4n) is 8.44. The van der Waals surface area contributed by atoms with Gasteiger partial charge < -0.3 is 24.5 Å². The summed E-state index contributed by atoms with van der Waals surface area (Å²) in [4.78, 5) is 49.8. The molecule has 8 atom stereocenters. The lowest BCUT2D eigenvalue weighted by molar-refractivity contribution is -0.159. The van der Waals surface area contributed by atoms with Gasteiger partial charge in [-0.05, 0) is 43.7 Å². The zero-order valence-corrected chi connectivity index (χ0v) is 27.7. The van der Waals surface area contributed by atoms with Gasteiger partial charge >= 0.3 is 0 Å². The number of amides is 3. The van der Waals surface area contributed by atoms with Gasteiger partial charge in [0.05, 0.1) is 30.1 Å². The molecule has 0 radical (unpaired) electrons. The Bertz CT molecular complexity index is 1430. The number of carbonyl (C=O) groups excluding carboxylic acids is 3. The van der Waals surface area contributed by atoms with Crippen molar-refractivity contribution in [1.29, 1.82) is 0 Å². The third-order valence-corrected chi connectivity index (χ3v) is 10.7. The van der Waals surface area contributed by atoms with E-state index >= 15 is 0 Å². The van der Waals surface area contributed by atoms with Gasteiger partial charge in [0.2, 0.25) is 17.7 Å². The predicted octanol–water partition coefficient (Wildman–Crippen LogP) is 5.15. The van der Waals surface area contributed by atoms with E-state index < -0.39 is 35.1 Å². The van der Waals surface area contributed by atoms with E-state index in [1.807, 2.05) is 74.5 Å². The standard InChI is InChI=1S/C38H49N3O5/c1-7-16-27(5)40(22-9-3)36(45)33-38-23-26(4)37(6,46-38)31(34(43)39(21-8-2)24-28-17-12-10-13-18-28)32(38)35(44)41(33)30(25-42)29-19-14-11-15-20-29/h8-15,17-20,26-27,30-33,42H,2-3,7,16,21-25H2,1,4-6H3/t26?,27?,30-,31+,32+,33?,37-,38?/m1/s1. The summed E-state index contributed by atoms with van der Waals surface area (Å²) in [7, 11) is 0. The third-order valence-electron chi connectivity index (χ3n) is 10.7. The van der Waals surface area contributed by atoms with Gasteiger partial charge in [-0.1, -0.05) is 93.1 Å². The first-order valence-electron chi connectivity index (χ1n) is 16.6. The molecule has 1 N–H and O–H groups in total. The summed E-state index contributed by atoms with van der Waals surface area (Å²) in [6.07, 6.45) is 5.53. The maximum Gasteiger partial charge on any atom is 0.248 e. The van der Waals surface area contributed by atoms with Crippen LogP contribution < -0.4 is 0 Å². The molecule has 1 spiro atoms. The summed E-state index contributed by atoms with van der Waals surface area (Å²) >= 11 is 0. The van der Waals surface area contributed by atoms with Crippen molar-refractivity contribution in [1.82, 2.24) is 14.7 Å². The van der Waals surface area contributed by atoms with Gasteiger partial charge in [0, 0.05) is 25.7 Å². The van der Waals surface area contributed by atoms with E-state index in [9.17, 15) is 19.5 Å². The van der Waals surface area contributed by atoms with Crippen molar-refractivity contribution in [2.45, 2.75) is 82.8 Å². The Morgan fingerprint density at radius 2 is 1.70 bits per heavy atom. The molecule has 3 heterocycles. The summed E-state index contributed by atoms with van der Waals surface area (Å²) in [5.74, 6) is -2.55. The van der Waals surface area contributed by atoms with Gasteiger partial charge in [-0.2, -0.15) is 0 Å². The minimum absolute atomic E-state index is 0.103. The quantitative estimate of drug-likeness (QED) is 0.293. The molecule has 0 aromatic heterocycles. The van der Waals surface area contributed by atoms with Crippen LogP contribution in [0.3, 0.4) is 0 Å². The number of rotatable bonds is 14. The zero-order valence-electron chi connectivity index (χ0n) is 27.7. The van der Waals surface area contributed by atoms with Crippen LogP contribution in [-0.2, 0) is 25.7 Å². The lowest BCUT2D eigenvalue weighted by atomic mass is 9.62.